The van der Waals surface area contributed by atoms with Crippen molar-refractivity contribution in [3.63, 3.8) is 0 Å². The highest BCUT2D eigenvalue weighted by molar-refractivity contribution is 7.18. The van der Waals surface area contributed by atoms with Crippen LogP contribution < -0.4 is 0 Å². The minimum atomic E-state index is -0.168. The molecule has 1 aromatic heterocycles. The first-order valence-corrected chi connectivity index (χ1v) is 9.93. The van der Waals surface area contributed by atoms with E-state index in [1.165, 1.54) is 9.60 Å². The van der Waals surface area contributed by atoms with Gasteiger partial charge in [-0.05, 0) is 50.7 Å². The van der Waals surface area contributed by atoms with Crippen molar-refractivity contribution in [2.24, 2.45) is 0 Å². The van der Waals surface area contributed by atoms with E-state index in [1.807, 2.05) is 18.2 Å². The number of fused-ring (bicyclic) bond motifs is 2. The van der Waals surface area contributed by atoms with Crippen molar-refractivity contribution < 1.29 is 9.59 Å². The molecule has 0 atom stereocenters. The van der Waals surface area contributed by atoms with Gasteiger partial charge in [-0.1, -0.05) is 24.3 Å². The minimum absolute atomic E-state index is 0.168. The Morgan fingerprint density at radius 2 is 1.63 bits per heavy atom. The average molecular weight is 379 g/mol. The van der Waals surface area contributed by atoms with Crippen LogP contribution in [-0.4, -0.2) is 46.7 Å². The highest BCUT2D eigenvalue weighted by atomic mass is 32.1. The second kappa shape index (κ2) is 7.58. The Hall–Kier alpha value is -2.57. The van der Waals surface area contributed by atoms with Gasteiger partial charge in [-0.15, -0.1) is 11.3 Å². The maximum Gasteiger partial charge on any atom is 0.261 e. The van der Waals surface area contributed by atoms with Crippen molar-refractivity contribution in [2.45, 2.75) is 19.4 Å². The minimum Gasteiger partial charge on any atom is -0.300 e. The fourth-order valence-corrected chi connectivity index (χ4v) is 4.44. The zero-order chi connectivity index (χ0) is 18.8. The first-order valence-electron chi connectivity index (χ1n) is 9.12. The van der Waals surface area contributed by atoms with Crippen LogP contribution in [0, 0.1) is 0 Å². The maximum atomic E-state index is 12.3. The summed E-state index contributed by atoms with van der Waals surface area (Å²) in [5, 5.41) is 1.11. The van der Waals surface area contributed by atoms with Gasteiger partial charge in [0.1, 0.15) is 5.01 Å². The van der Waals surface area contributed by atoms with E-state index < -0.39 is 0 Å². The number of unbranched alkanes of at least 4 members (excludes halogenated alkanes) is 1. The number of carbonyl (C=O) groups is 2. The summed E-state index contributed by atoms with van der Waals surface area (Å²) in [5.74, 6) is -0.336. The second-order valence-corrected chi connectivity index (χ2v) is 7.94. The third-order valence-electron chi connectivity index (χ3n) is 4.79. The fourth-order valence-electron chi connectivity index (χ4n) is 3.39. The van der Waals surface area contributed by atoms with Gasteiger partial charge in [0.15, 0.2) is 0 Å². The SMILES string of the molecule is CN(CCCCN1C(=O)c2ccccc2C1=O)Cc1nc2ccccc2s1. The van der Waals surface area contributed by atoms with Crippen molar-refractivity contribution in [1.82, 2.24) is 14.8 Å². The second-order valence-electron chi connectivity index (χ2n) is 6.83. The van der Waals surface area contributed by atoms with Crippen LogP contribution in [-0.2, 0) is 6.54 Å². The number of imide groups is 1. The maximum absolute atomic E-state index is 12.3. The molecule has 3 aromatic rings. The summed E-state index contributed by atoms with van der Waals surface area (Å²) in [4.78, 5) is 33.0. The Kier molecular flexibility index (Phi) is 5.01. The molecule has 0 bridgehead atoms. The average Bonchev–Trinajstić information content (AvgIpc) is 3.18. The molecule has 2 amide bonds. The molecular formula is C21H21N3O2S. The number of benzene rings is 2. The van der Waals surface area contributed by atoms with E-state index >= 15 is 0 Å². The molecule has 5 nitrogen and oxygen atoms in total. The van der Waals surface area contributed by atoms with E-state index in [0.717, 1.165) is 36.5 Å². The van der Waals surface area contributed by atoms with Gasteiger partial charge in [-0.3, -0.25) is 19.4 Å². The number of hydrogen-bond donors (Lipinski definition) is 0. The number of amides is 2. The molecule has 138 valence electrons. The molecule has 0 spiro atoms. The first-order chi connectivity index (χ1) is 13.1. The molecule has 1 aliphatic rings. The summed E-state index contributed by atoms with van der Waals surface area (Å²) >= 11 is 1.73. The summed E-state index contributed by atoms with van der Waals surface area (Å²) in [5.41, 5.74) is 2.10. The molecule has 4 rings (SSSR count). The van der Waals surface area contributed by atoms with Gasteiger partial charge in [-0.2, -0.15) is 0 Å². The molecule has 0 aliphatic carbocycles. The lowest BCUT2D eigenvalue weighted by Crippen LogP contribution is -2.31. The van der Waals surface area contributed by atoms with Crippen LogP contribution in [0.4, 0.5) is 0 Å². The van der Waals surface area contributed by atoms with Crippen LogP contribution in [0.3, 0.4) is 0 Å². The van der Waals surface area contributed by atoms with Crippen molar-refractivity contribution in [3.05, 3.63) is 64.7 Å². The predicted octanol–water partition coefficient (Wildman–Crippen LogP) is 3.80. The van der Waals surface area contributed by atoms with Crippen LogP contribution >= 0.6 is 11.3 Å². The Morgan fingerprint density at radius 3 is 2.33 bits per heavy atom. The molecule has 0 N–H and O–H groups in total. The molecule has 2 heterocycles. The standard InChI is InChI=1S/C21H21N3O2S/c1-23(14-19-22-17-10-4-5-11-18(17)27-19)12-6-7-13-24-20(25)15-8-2-3-9-16(15)21(24)26/h2-5,8-11H,6-7,12-14H2,1H3. The largest absolute Gasteiger partial charge is 0.300 e. The Balaban J connectivity index is 1.25. The third kappa shape index (κ3) is 3.63. The molecule has 0 unspecified atom stereocenters. The highest BCUT2D eigenvalue weighted by Gasteiger charge is 2.34. The number of aromatic nitrogens is 1. The number of thiazole rings is 1. The monoisotopic (exact) mass is 379 g/mol. The lowest BCUT2D eigenvalue weighted by Gasteiger charge is -2.17. The van der Waals surface area contributed by atoms with Gasteiger partial charge < -0.3 is 0 Å². The topological polar surface area (TPSA) is 53.5 Å². The van der Waals surface area contributed by atoms with Crippen molar-refractivity contribution in [1.29, 1.82) is 0 Å². The first kappa shape index (κ1) is 17.8. The summed E-state index contributed by atoms with van der Waals surface area (Å²) in [6.07, 6.45) is 1.73. The normalized spacial score (nSPS) is 13.8. The molecule has 2 aromatic carbocycles. The van der Waals surface area contributed by atoms with Gasteiger partial charge in [0, 0.05) is 6.54 Å². The zero-order valence-electron chi connectivity index (χ0n) is 15.2. The van der Waals surface area contributed by atoms with Gasteiger partial charge in [0.2, 0.25) is 0 Å². The van der Waals surface area contributed by atoms with Gasteiger partial charge in [-0.25, -0.2) is 4.98 Å². The lowest BCUT2D eigenvalue weighted by atomic mass is 10.1. The Labute approximate surface area is 162 Å². The molecule has 0 saturated carbocycles. The van der Waals surface area contributed by atoms with E-state index in [-0.39, 0.29) is 11.8 Å². The number of nitrogens with zero attached hydrogens (tertiary/aromatic N) is 3. The van der Waals surface area contributed by atoms with Gasteiger partial charge >= 0.3 is 0 Å². The summed E-state index contributed by atoms with van der Waals surface area (Å²) in [7, 11) is 2.08. The van der Waals surface area contributed by atoms with Crippen LogP contribution in [0.2, 0.25) is 0 Å². The number of hydrogen-bond acceptors (Lipinski definition) is 5. The van der Waals surface area contributed by atoms with E-state index in [9.17, 15) is 9.59 Å². The van der Waals surface area contributed by atoms with Crippen LogP contribution in [0.15, 0.2) is 48.5 Å². The molecule has 0 saturated heterocycles. The fraction of sp³-hybridized carbons (Fsp3) is 0.286. The molecule has 6 heteroatoms. The predicted molar refractivity (Wildman–Crippen MR) is 107 cm³/mol. The molecular weight excluding hydrogens is 358 g/mol. The molecule has 0 radical (unpaired) electrons. The van der Waals surface area contributed by atoms with E-state index in [4.69, 9.17) is 0 Å². The quantitative estimate of drug-likeness (QED) is 0.463. The molecule has 1 aliphatic heterocycles. The van der Waals surface area contributed by atoms with E-state index in [2.05, 4.69) is 23.0 Å². The summed E-state index contributed by atoms with van der Waals surface area (Å²) in [6, 6.07) is 15.2. The van der Waals surface area contributed by atoms with Gasteiger partial charge in [0.05, 0.1) is 27.9 Å². The van der Waals surface area contributed by atoms with E-state index in [0.29, 0.717) is 17.7 Å². The van der Waals surface area contributed by atoms with Crippen LogP contribution in [0.1, 0.15) is 38.6 Å². The van der Waals surface area contributed by atoms with Crippen molar-refractivity contribution in [3.8, 4) is 0 Å². The van der Waals surface area contributed by atoms with Crippen molar-refractivity contribution >= 4 is 33.4 Å². The molecule has 0 fully saturated rings. The highest BCUT2D eigenvalue weighted by Crippen LogP contribution is 2.24. The number of carbonyl (C=O) groups excluding carboxylic acids is 2. The third-order valence-corrected chi connectivity index (χ3v) is 5.81. The number of rotatable bonds is 7. The van der Waals surface area contributed by atoms with Crippen molar-refractivity contribution in [2.75, 3.05) is 20.1 Å². The molecule has 27 heavy (non-hydrogen) atoms. The Bertz CT molecular complexity index is 930. The van der Waals surface area contributed by atoms with Crippen LogP contribution in [0.25, 0.3) is 10.2 Å². The Morgan fingerprint density at radius 1 is 0.963 bits per heavy atom. The smallest absolute Gasteiger partial charge is 0.261 e. The zero-order valence-corrected chi connectivity index (χ0v) is 16.0. The summed E-state index contributed by atoms with van der Waals surface area (Å²) < 4.78 is 1.21. The van der Waals surface area contributed by atoms with Gasteiger partial charge in [0.25, 0.3) is 11.8 Å². The summed E-state index contributed by atoms with van der Waals surface area (Å²) in [6.45, 7) is 2.19. The van der Waals surface area contributed by atoms with E-state index in [1.54, 1.807) is 35.6 Å². The lowest BCUT2D eigenvalue weighted by molar-refractivity contribution is 0.0650. The van der Waals surface area contributed by atoms with Crippen LogP contribution in [0.5, 0.6) is 0 Å². The number of para-hydroxylation sites is 1.